The molecule has 2 rings (SSSR count). The number of aliphatic carboxylic acids is 1. The lowest BCUT2D eigenvalue weighted by Gasteiger charge is -2.18. The number of primary amides is 1. The summed E-state index contributed by atoms with van der Waals surface area (Å²) in [6.07, 6.45) is -0.911. The highest BCUT2D eigenvalue weighted by molar-refractivity contribution is 7.89. The zero-order chi connectivity index (χ0) is 20.2. The van der Waals surface area contributed by atoms with Gasteiger partial charge in [0.2, 0.25) is 10.0 Å². The van der Waals surface area contributed by atoms with Gasteiger partial charge >= 0.3 is 12.1 Å². The molecule has 0 aliphatic carbocycles. The quantitative estimate of drug-likeness (QED) is 0.661. The molecule has 0 bridgehead atoms. The van der Waals surface area contributed by atoms with Crippen LogP contribution in [0.5, 0.6) is 5.75 Å². The van der Waals surface area contributed by atoms with E-state index in [1.54, 1.807) is 50.2 Å². The molecule has 0 fully saturated rings. The van der Waals surface area contributed by atoms with E-state index < -0.39 is 34.0 Å². The van der Waals surface area contributed by atoms with Gasteiger partial charge in [0, 0.05) is 0 Å². The van der Waals surface area contributed by atoms with Gasteiger partial charge in [-0.3, -0.25) is 4.79 Å². The summed E-state index contributed by atoms with van der Waals surface area (Å²) in [7, 11) is -3.97. The molecule has 1 amide bonds. The molecular formula is C18H20N2O6S. The minimum Gasteiger partial charge on any atom is -0.480 e. The Balaban J connectivity index is 2.21. The standard InChI is InChI=1S/C18H20N2O6S/c1-11(2)16(17(21)22)20-27(24,25)15-9-5-13(6-10-15)12-3-7-14(8-4-12)26-18(19)23/h3-11,16,20H,1-2H3,(H2,19,23)(H,21,22)/t16-/m1/s1. The number of carboxylic acids is 1. The van der Waals surface area contributed by atoms with Gasteiger partial charge in [-0.25, -0.2) is 13.2 Å². The molecule has 0 unspecified atom stereocenters. The van der Waals surface area contributed by atoms with Crippen molar-refractivity contribution in [1.82, 2.24) is 4.72 Å². The van der Waals surface area contributed by atoms with Crippen LogP contribution in [0.3, 0.4) is 0 Å². The van der Waals surface area contributed by atoms with Crippen molar-refractivity contribution in [2.45, 2.75) is 24.8 Å². The van der Waals surface area contributed by atoms with Crippen LogP contribution in [0, 0.1) is 5.92 Å². The summed E-state index contributed by atoms with van der Waals surface area (Å²) < 4.78 is 31.8. The van der Waals surface area contributed by atoms with Crippen molar-refractivity contribution in [2.75, 3.05) is 0 Å². The summed E-state index contributed by atoms with van der Waals surface area (Å²) in [6, 6.07) is 11.3. The Morgan fingerprint density at radius 3 is 1.89 bits per heavy atom. The molecule has 0 radical (unpaired) electrons. The summed E-state index contributed by atoms with van der Waals surface area (Å²) in [4.78, 5) is 21.9. The first-order valence-electron chi connectivity index (χ1n) is 8.03. The lowest BCUT2D eigenvalue weighted by Crippen LogP contribution is -2.44. The smallest absolute Gasteiger partial charge is 0.409 e. The second-order valence-electron chi connectivity index (χ2n) is 6.15. The van der Waals surface area contributed by atoms with Gasteiger partial charge in [0.15, 0.2) is 0 Å². The molecule has 0 aliphatic rings. The molecule has 8 nitrogen and oxygen atoms in total. The fourth-order valence-corrected chi connectivity index (χ4v) is 3.70. The summed E-state index contributed by atoms with van der Waals surface area (Å²) >= 11 is 0. The van der Waals surface area contributed by atoms with E-state index >= 15 is 0 Å². The van der Waals surface area contributed by atoms with Crippen LogP contribution < -0.4 is 15.2 Å². The lowest BCUT2D eigenvalue weighted by molar-refractivity contribution is -0.140. The third-order valence-electron chi connectivity index (χ3n) is 3.79. The number of hydrogen-bond acceptors (Lipinski definition) is 5. The van der Waals surface area contributed by atoms with E-state index in [1.807, 2.05) is 0 Å². The average Bonchev–Trinajstić information content (AvgIpc) is 2.59. The van der Waals surface area contributed by atoms with E-state index in [0.717, 1.165) is 11.1 Å². The van der Waals surface area contributed by atoms with E-state index in [9.17, 15) is 18.0 Å². The summed E-state index contributed by atoms with van der Waals surface area (Å²) in [5.74, 6) is -1.34. The predicted molar refractivity (Wildman–Crippen MR) is 98.7 cm³/mol. The second-order valence-corrected chi connectivity index (χ2v) is 7.87. The van der Waals surface area contributed by atoms with E-state index in [1.165, 1.54) is 12.1 Å². The second kappa shape index (κ2) is 8.19. The predicted octanol–water partition coefficient (Wildman–Crippen LogP) is 2.20. The number of nitrogens with two attached hydrogens (primary N) is 1. The van der Waals surface area contributed by atoms with Gasteiger partial charge in [0.25, 0.3) is 0 Å². The van der Waals surface area contributed by atoms with Crippen molar-refractivity contribution in [1.29, 1.82) is 0 Å². The third kappa shape index (κ3) is 5.28. The molecule has 0 saturated heterocycles. The van der Waals surface area contributed by atoms with Crippen molar-refractivity contribution >= 4 is 22.1 Å². The minimum atomic E-state index is -3.97. The van der Waals surface area contributed by atoms with Crippen LogP contribution in [0.1, 0.15) is 13.8 Å². The van der Waals surface area contributed by atoms with Crippen molar-refractivity contribution in [2.24, 2.45) is 11.7 Å². The SMILES string of the molecule is CC(C)[C@@H](NS(=O)(=O)c1ccc(-c2ccc(OC(N)=O)cc2)cc1)C(=O)O. The number of carbonyl (C=O) groups excluding carboxylic acids is 1. The number of carboxylic acid groups (broad SMARTS) is 1. The fourth-order valence-electron chi connectivity index (χ4n) is 2.36. The van der Waals surface area contributed by atoms with E-state index in [2.05, 4.69) is 4.72 Å². The Bertz CT molecular complexity index is 921. The fraction of sp³-hybridized carbons (Fsp3) is 0.222. The maximum atomic E-state index is 12.4. The topological polar surface area (TPSA) is 136 Å². The van der Waals surface area contributed by atoms with Crippen LogP contribution in [0.25, 0.3) is 11.1 Å². The van der Waals surface area contributed by atoms with Crippen LogP contribution in [0.15, 0.2) is 53.4 Å². The minimum absolute atomic E-state index is 0.0353. The van der Waals surface area contributed by atoms with E-state index in [4.69, 9.17) is 15.6 Å². The summed E-state index contributed by atoms with van der Waals surface area (Å²) in [6.45, 7) is 3.24. The van der Waals surface area contributed by atoms with E-state index in [-0.39, 0.29) is 4.90 Å². The molecule has 0 heterocycles. The summed E-state index contributed by atoms with van der Waals surface area (Å²) in [5.41, 5.74) is 6.45. The van der Waals surface area contributed by atoms with Gasteiger partial charge in [-0.1, -0.05) is 38.1 Å². The van der Waals surface area contributed by atoms with Crippen molar-refractivity contribution in [3.05, 3.63) is 48.5 Å². The number of benzene rings is 2. The highest BCUT2D eigenvalue weighted by Gasteiger charge is 2.27. The van der Waals surface area contributed by atoms with Gasteiger partial charge in [-0.15, -0.1) is 0 Å². The largest absolute Gasteiger partial charge is 0.480 e. The Morgan fingerprint density at radius 1 is 1.00 bits per heavy atom. The van der Waals surface area contributed by atoms with Crippen molar-refractivity contribution in [3.8, 4) is 16.9 Å². The monoisotopic (exact) mass is 392 g/mol. The van der Waals surface area contributed by atoms with Crippen molar-refractivity contribution in [3.63, 3.8) is 0 Å². The number of amides is 1. The van der Waals surface area contributed by atoms with Gasteiger partial charge in [-0.2, -0.15) is 4.72 Å². The zero-order valence-corrected chi connectivity index (χ0v) is 15.6. The van der Waals surface area contributed by atoms with Crippen LogP contribution in [0.2, 0.25) is 0 Å². The third-order valence-corrected chi connectivity index (χ3v) is 5.24. The van der Waals surface area contributed by atoms with Crippen LogP contribution >= 0.6 is 0 Å². The number of sulfonamides is 1. The Morgan fingerprint density at radius 2 is 1.48 bits per heavy atom. The Kier molecular flexibility index (Phi) is 6.19. The molecule has 144 valence electrons. The molecule has 2 aromatic rings. The first-order chi connectivity index (χ1) is 12.6. The molecule has 0 spiro atoms. The highest BCUT2D eigenvalue weighted by atomic mass is 32.2. The first kappa shape index (κ1) is 20.4. The normalized spacial score (nSPS) is 12.6. The molecule has 9 heteroatoms. The molecule has 0 aliphatic heterocycles. The molecule has 4 N–H and O–H groups in total. The number of carbonyl (C=O) groups is 2. The maximum absolute atomic E-state index is 12.4. The maximum Gasteiger partial charge on any atom is 0.409 e. The van der Waals surface area contributed by atoms with E-state index in [0.29, 0.717) is 5.75 Å². The van der Waals surface area contributed by atoms with Gasteiger partial charge in [0.1, 0.15) is 11.8 Å². The molecule has 0 aromatic heterocycles. The number of rotatable bonds is 7. The average molecular weight is 392 g/mol. The number of ether oxygens (including phenoxy) is 1. The Labute approximate surface area is 157 Å². The highest BCUT2D eigenvalue weighted by Crippen LogP contribution is 2.24. The molecule has 27 heavy (non-hydrogen) atoms. The molecular weight excluding hydrogens is 372 g/mol. The molecule has 2 aromatic carbocycles. The molecule has 1 atom stereocenters. The molecule has 0 saturated carbocycles. The number of nitrogens with one attached hydrogen (secondary N) is 1. The Hall–Kier alpha value is -2.91. The van der Waals surface area contributed by atoms with Gasteiger partial charge in [0.05, 0.1) is 4.90 Å². The number of hydrogen-bond donors (Lipinski definition) is 3. The van der Waals surface area contributed by atoms with Crippen LogP contribution in [0.4, 0.5) is 4.79 Å². The van der Waals surface area contributed by atoms with Crippen LogP contribution in [-0.2, 0) is 14.8 Å². The lowest BCUT2D eigenvalue weighted by atomic mass is 10.1. The van der Waals surface area contributed by atoms with Gasteiger partial charge in [-0.05, 0) is 41.3 Å². The first-order valence-corrected chi connectivity index (χ1v) is 9.51. The van der Waals surface area contributed by atoms with Crippen molar-refractivity contribution < 1.29 is 27.9 Å². The summed E-state index contributed by atoms with van der Waals surface area (Å²) in [5, 5.41) is 9.16. The zero-order valence-electron chi connectivity index (χ0n) is 14.7. The van der Waals surface area contributed by atoms with Crippen LogP contribution in [-0.4, -0.2) is 31.6 Å². The van der Waals surface area contributed by atoms with Gasteiger partial charge < -0.3 is 15.6 Å².